The quantitative estimate of drug-likeness (QED) is 0.180. The number of carbonyl (C=O) groups is 1. The number of esters is 1. The molecule has 5 nitrogen and oxygen atoms in total. The number of carbonyl (C=O) groups excluding carboxylic acids is 1. The second-order valence-electron chi connectivity index (χ2n) is 8.21. The molecule has 1 aromatic heterocycles. The lowest BCUT2D eigenvalue weighted by molar-refractivity contribution is 0.0601. The molecule has 0 amide bonds. The Kier molecular flexibility index (Phi) is 4.39. The molecular weight excluding hydrogens is 426 g/mol. The minimum atomic E-state index is -0.430. The van der Waals surface area contributed by atoms with E-state index in [1.807, 2.05) is 48.5 Å². The molecule has 5 aromatic carbocycles. The summed E-state index contributed by atoms with van der Waals surface area (Å²) in [7, 11) is 1.37. The highest BCUT2D eigenvalue weighted by Gasteiger charge is 2.21. The number of hydrogen-bond donors (Lipinski definition) is 2. The molecule has 6 aromatic rings. The molecule has 6 rings (SSSR count). The molecule has 34 heavy (non-hydrogen) atoms. The fourth-order valence-corrected chi connectivity index (χ4v) is 4.76. The number of nitrogens with one attached hydrogen (secondary N) is 1. The van der Waals surface area contributed by atoms with E-state index in [1.54, 1.807) is 36.4 Å². The largest absolute Gasteiger partial charge is 0.507 e. The Morgan fingerprint density at radius 1 is 0.824 bits per heavy atom. The summed E-state index contributed by atoms with van der Waals surface area (Å²) in [5.74, 6) is -0.312. The standard InChI is InChI=1S/C29H19NO4/c1-33-29(32)21-7-3-2-6-20(21)26-22-13-10-17-15-18(30)11-14-19(17)27(22)34-28-23(26)12-9-16-5-4-8-24(31)25(16)28/h2-15,30-31H,1H3. The Morgan fingerprint density at radius 2 is 1.56 bits per heavy atom. The van der Waals surface area contributed by atoms with Crippen LogP contribution in [0.1, 0.15) is 10.4 Å². The van der Waals surface area contributed by atoms with Gasteiger partial charge < -0.3 is 19.7 Å². The molecule has 0 bridgehead atoms. The summed E-state index contributed by atoms with van der Waals surface area (Å²) in [6.07, 6.45) is 0. The van der Waals surface area contributed by atoms with Gasteiger partial charge in [-0.15, -0.1) is 0 Å². The average molecular weight is 445 g/mol. The van der Waals surface area contributed by atoms with Gasteiger partial charge in [-0.1, -0.05) is 42.5 Å². The first-order valence-corrected chi connectivity index (χ1v) is 10.8. The minimum absolute atomic E-state index is 0.118. The zero-order valence-corrected chi connectivity index (χ0v) is 18.3. The molecule has 1 heterocycles. The lowest BCUT2D eigenvalue weighted by Gasteiger charge is -2.16. The topological polar surface area (TPSA) is 83.5 Å². The molecule has 0 aliphatic heterocycles. The number of hydrogen-bond acceptors (Lipinski definition) is 5. The van der Waals surface area contributed by atoms with Gasteiger partial charge >= 0.3 is 5.97 Å². The highest BCUT2D eigenvalue weighted by Crippen LogP contribution is 2.43. The SMILES string of the molecule is COC(=O)c1ccccc1-c1c2ccc3cc(=N)ccc3c2oc2c1ccc1cccc(O)c12. The van der Waals surface area contributed by atoms with Gasteiger partial charge in [-0.25, -0.2) is 4.79 Å². The van der Waals surface area contributed by atoms with Gasteiger partial charge in [0.2, 0.25) is 0 Å². The van der Waals surface area contributed by atoms with Crippen molar-refractivity contribution < 1.29 is 19.1 Å². The zero-order chi connectivity index (χ0) is 23.4. The molecule has 2 N–H and O–H groups in total. The molecule has 0 saturated heterocycles. The van der Waals surface area contributed by atoms with Gasteiger partial charge in [0.05, 0.1) is 23.4 Å². The molecule has 0 aliphatic rings. The number of rotatable bonds is 2. The molecule has 0 atom stereocenters. The van der Waals surface area contributed by atoms with Crippen molar-refractivity contribution in [3.63, 3.8) is 0 Å². The number of fused-ring (bicyclic) bond motifs is 6. The zero-order valence-electron chi connectivity index (χ0n) is 18.3. The molecule has 0 fully saturated rings. The Bertz CT molecular complexity index is 1850. The predicted octanol–water partition coefficient (Wildman–Crippen LogP) is 6.53. The summed E-state index contributed by atoms with van der Waals surface area (Å²) in [5, 5.41) is 24.0. The molecule has 0 unspecified atom stereocenters. The van der Waals surface area contributed by atoms with Crippen LogP contribution in [0.15, 0.2) is 89.3 Å². The third-order valence-corrected chi connectivity index (χ3v) is 6.29. The lowest BCUT2D eigenvalue weighted by atomic mass is 9.91. The summed E-state index contributed by atoms with van der Waals surface area (Å²) in [4.78, 5) is 12.7. The molecule has 0 spiro atoms. The van der Waals surface area contributed by atoms with Gasteiger partial charge in [0, 0.05) is 21.7 Å². The van der Waals surface area contributed by atoms with Crippen LogP contribution in [-0.2, 0) is 4.74 Å². The maximum atomic E-state index is 12.7. The summed E-state index contributed by atoms with van der Waals surface area (Å²) in [6.45, 7) is 0. The first-order valence-electron chi connectivity index (χ1n) is 10.8. The van der Waals surface area contributed by atoms with Crippen LogP contribution in [0.2, 0.25) is 0 Å². The van der Waals surface area contributed by atoms with Crippen LogP contribution in [0.5, 0.6) is 5.75 Å². The van der Waals surface area contributed by atoms with Crippen molar-refractivity contribution in [3.05, 3.63) is 95.8 Å². The van der Waals surface area contributed by atoms with Gasteiger partial charge in [-0.3, -0.25) is 0 Å². The summed E-state index contributed by atoms with van der Waals surface area (Å²) in [5.41, 5.74) is 3.12. The number of methoxy groups -OCH3 is 1. The third kappa shape index (κ3) is 2.87. The Labute approximate surface area is 194 Å². The van der Waals surface area contributed by atoms with Crippen molar-refractivity contribution in [2.24, 2.45) is 0 Å². The van der Waals surface area contributed by atoms with E-state index >= 15 is 0 Å². The first kappa shape index (κ1) is 20.0. The van der Waals surface area contributed by atoms with Crippen molar-refractivity contribution in [3.8, 4) is 16.9 Å². The van der Waals surface area contributed by atoms with Gasteiger partial charge in [0.15, 0.2) is 0 Å². The van der Waals surface area contributed by atoms with Crippen LogP contribution in [-0.4, -0.2) is 18.2 Å². The van der Waals surface area contributed by atoms with Crippen LogP contribution in [0, 0.1) is 5.41 Å². The van der Waals surface area contributed by atoms with Crippen LogP contribution in [0.25, 0.3) is 54.6 Å². The molecular formula is C29H19NO4. The van der Waals surface area contributed by atoms with Gasteiger partial charge in [-0.2, -0.15) is 0 Å². The van der Waals surface area contributed by atoms with Crippen LogP contribution in [0.3, 0.4) is 0 Å². The van der Waals surface area contributed by atoms with Crippen LogP contribution < -0.4 is 5.36 Å². The van der Waals surface area contributed by atoms with E-state index in [0.29, 0.717) is 33.0 Å². The third-order valence-electron chi connectivity index (χ3n) is 6.29. The lowest BCUT2D eigenvalue weighted by Crippen LogP contribution is -2.04. The Hall–Kier alpha value is -4.64. The number of phenolic OH excluding ortho intramolecular Hbond substituents is 1. The smallest absolute Gasteiger partial charge is 0.338 e. The second kappa shape index (κ2) is 7.46. The fraction of sp³-hybridized carbons (Fsp3) is 0.0345. The Balaban J connectivity index is 1.90. The maximum absolute atomic E-state index is 12.7. The van der Waals surface area contributed by atoms with Crippen LogP contribution >= 0.6 is 0 Å². The van der Waals surface area contributed by atoms with E-state index in [2.05, 4.69) is 0 Å². The average Bonchev–Trinajstić information content (AvgIpc) is 2.86. The van der Waals surface area contributed by atoms with Crippen molar-refractivity contribution >= 4 is 49.5 Å². The van der Waals surface area contributed by atoms with Gasteiger partial charge in [0.1, 0.15) is 16.9 Å². The van der Waals surface area contributed by atoms with Crippen LogP contribution in [0.4, 0.5) is 0 Å². The molecule has 0 saturated carbocycles. The van der Waals surface area contributed by atoms with Gasteiger partial charge in [0.25, 0.3) is 0 Å². The normalized spacial score (nSPS) is 11.4. The molecule has 164 valence electrons. The van der Waals surface area contributed by atoms with Crippen molar-refractivity contribution in [1.82, 2.24) is 0 Å². The maximum Gasteiger partial charge on any atom is 0.338 e. The molecule has 5 heteroatoms. The number of aromatic hydroxyl groups is 1. The monoisotopic (exact) mass is 445 g/mol. The number of ether oxygens (including phenoxy) is 1. The highest BCUT2D eigenvalue weighted by molar-refractivity contribution is 6.21. The highest BCUT2D eigenvalue weighted by atomic mass is 16.5. The summed E-state index contributed by atoms with van der Waals surface area (Å²) >= 11 is 0. The Morgan fingerprint density at radius 3 is 2.38 bits per heavy atom. The first-order chi connectivity index (χ1) is 16.6. The van der Waals surface area contributed by atoms with E-state index in [-0.39, 0.29) is 5.75 Å². The fourth-order valence-electron chi connectivity index (χ4n) is 4.76. The van der Waals surface area contributed by atoms with Crippen molar-refractivity contribution in [2.45, 2.75) is 0 Å². The van der Waals surface area contributed by atoms with E-state index < -0.39 is 5.97 Å². The number of benzene rings is 5. The van der Waals surface area contributed by atoms with E-state index in [0.717, 1.165) is 32.5 Å². The summed E-state index contributed by atoms with van der Waals surface area (Å²) in [6, 6.07) is 25.9. The number of phenols is 1. The van der Waals surface area contributed by atoms with E-state index in [4.69, 9.17) is 14.6 Å². The van der Waals surface area contributed by atoms with Crippen molar-refractivity contribution in [2.75, 3.05) is 7.11 Å². The molecule has 0 radical (unpaired) electrons. The second-order valence-corrected chi connectivity index (χ2v) is 8.21. The molecule has 0 aliphatic carbocycles. The van der Waals surface area contributed by atoms with E-state index in [9.17, 15) is 9.90 Å². The van der Waals surface area contributed by atoms with Gasteiger partial charge in [-0.05, 0) is 58.8 Å². The van der Waals surface area contributed by atoms with E-state index in [1.165, 1.54) is 7.11 Å². The summed E-state index contributed by atoms with van der Waals surface area (Å²) < 4.78 is 11.6. The van der Waals surface area contributed by atoms with Crippen molar-refractivity contribution in [1.29, 1.82) is 5.41 Å². The predicted molar refractivity (Wildman–Crippen MR) is 133 cm³/mol. The minimum Gasteiger partial charge on any atom is -0.507 e.